The molecule has 0 aliphatic heterocycles. The molecule has 0 aliphatic rings. The summed E-state index contributed by atoms with van der Waals surface area (Å²) in [6.45, 7) is 1.60. The molecule has 1 unspecified atom stereocenters. The summed E-state index contributed by atoms with van der Waals surface area (Å²) in [4.78, 5) is 12.3. The Bertz CT molecular complexity index is 691. The third-order valence-electron chi connectivity index (χ3n) is 3.81. The zero-order chi connectivity index (χ0) is 18.2. The van der Waals surface area contributed by atoms with Gasteiger partial charge in [-0.05, 0) is 24.6 Å². The minimum atomic E-state index is -0.409. The van der Waals surface area contributed by atoms with E-state index in [1.165, 1.54) is 0 Å². The van der Waals surface area contributed by atoms with Crippen LogP contribution in [0.25, 0.3) is 0 Å². The molecule has 0 saturated carbocycles. The summed E-state index contributed by atoms with van der Waals surface area (Å²) in [6, 6.07) is 14.0. The Labute approximate surface area is 147 Å². The van der Waals surface area contributed by atoms with Gasteiger partial charge in [0.2, 0.25) is 0 Å². The number of urea groups is 1. The predicted molar refractivity (Wildman–Crippen MR) is 96.0 cm³/mol. The maximum Gasteiger partial charge on any atom is 0.315 e. The fourth-order valence-corrected chi connectivity index (χ4v) is 2.49. The lowest BCUT2D eigenvalue weighted by Crippen LogP contribution is -2.44. The first-order valence-electron chi connectivity index (χ1n) is 8.03. The second kappa shape index (κ2) is 8.94. The molecular weight excluding hydrogens is 320 g/mol. The van der Waals surface area contributed by atoms with E-state index in [2.05, 4.69) is 10.6 Å². The van der Waals surface area contributed by atoms with Gasteiger partial charge in [0, 0.05) is 11.6 Å². The molecule has 0 spiro atoms. The van der Waals surface area contributed by atoms with E-state index < -0.39 is 6.04 Å². The van der Waals surface area contributed by atoms with Crippen molar-refractivity contribution in [1.29, 1.82) is 0 Å². The van der Waals surface area contributed by atoms with E-state index in [-0.39, 0.29) is 18.7 Å². The Morgan fingerprint density at radius 3 is 2.40 bits per heavy atom. The number of amides is 2. The quantitative estimate of drug-likeness (QED) is 0.721. The third-order valence-corrected chi connectivity index (χ3v) is 3.81. The molecule has 0 fully saturated rings. The average Bonchev–Trinajstić information content (AvgIpc) is 2.66. The zero-order valence-electron chi connectivity index (χ0n) is 14.7. The highest BCUT2D eigenvalue weighted by Gasteiger charge is 2.21. The molecule has 6 heteroatoms. The highest BCUT2D eigenvalue weighted by Crippen LogP contribution is 2.33. The molecule has 2 amide bonds. The van der Waals surface area contributed by atoms with Gasteiger partial charge in [-0.25, -0.2) is 4.79 Å². The molecular formula is C19H24N2O4. The minimum Gasteiger partial charge on any atom is -0.497 e. The van der Waals surface area contributed by atoms with Gasteiger partial charge in [0.1, 0.15) is 11.5 Å². The number of ether oxygens (including phenoxy) is 2. The molecule has 0 bridgehead atoms. The van der Waals surface area contributed by atoms with Crippen LogP contribution in [0.1, 0.15) is 24.1 Å². The fraction of sp³-hybridized carbons (Fsp3) is 0.316. The minimum absolute atomic E-state index is 0.130. The smallest absolute Gasteiger partial charge is 0.315 e. The van der Waals surface area contributed by atoms with Gasteiger partial charge >= 0.3 is 6.03 Å². The van der Waals surface area contributed by atoms with E-state index in [4.69, 9.17) is 14.6 Å². The van der Waals surface area contributed by atoms with Crippen molar-refractivity contribution in [3.05, 3.63) is 59.7 Å². The average molecular weight is 344 g/mol. The maximum atomic E-state index is 12.3. The summed E-state index contributed by atoms with van der Waals surface area (Å²) in [6.07, 6.45) is 0. The molecule has 3 N–H and O–H groups in total. The Hall–Kier alpha value is -2.73. The predicted octanol–water partition coefficient (Wildman–Crippen LogP) is 2.47. The normalized spacial score (nSPS) is 12.8. The van der Waals surface area contributed by atoms with Crippen molar-refractivity contribution in [3.8, 4) is 11.5 Å². The first kappa shape index (κ1) is 18.6. The summed E-state index contributed by atoms with van der Waals surface area (Å²) in [5, 5.41) is 14.8. The number of carbonyl (C=O) groups is 1. The molecule has 0 aliphatic carbocycles. The SMILES string of the molecule is COc1ccc(C(NC(=O)N[C@@H](C)CO)c2ccccc2)c(OC)c1. The van der Waals surface area contributed by atoms with Gasteiger partial charge < -0.3 is 25.2 Å². The van der Waals surface area contributed by atoms with Crippen LogP contribution < -0.4 is 20.1 Å². The van der Waals surface area contributed by atoms with Gasteiger partial charge in [0.25, 0.3) is 0 Å². The van der Waals surface area contributed by atoms with Crippen LogP contribution in [0.3, 0.4) is 0 Å². The zero-order valence-corrected chi connectivity index (χ0v) is 14.7. The van der Waals surface area contributed by atoms with Crippen LogP contribution in [0.4, 0.5) is 4.79 Å². The number of aliphatic hydroxyl groups excluding tert-OH is 1. The Kier molecular flexibility index (Phi) is 6.65. The fourth-order valence-electron chi connectivity index (χ4n) is 2.49. The van der Waals surface area contributed by atoms with Crippen molar-refractivity contribution >= 4 is 6.03 Å². The lowest BCUT2D eigenvalue weighted by molar-refractivity contribution is 0.218. The van der Waals surface area contributed by atoms with Crippen molar-refractivity contribution in [2.75, 3.05) is 20.8 Å². The molecule has 2 atom stereocenters. The molecule has 2 aromatic carbocycles. The summed E-state index contributed by atoms with van der Waals surface area (Å²) in [5.74, 6) is 1.29. The highest BCUT2D eigenvalue weighted by molar-refractivity contribution is 5.75. The van der Waals surface area contributed by atoms with Crippen molar-refractivity contribution < 1.29 is 19.4 Å². The molecule has 0 heterocycles. The van der Waals surface area contributed by atoms with E-state index in [1.54, 1.807) is 27.2 Å². The van der Waals surface area contributed by atoms with Crippen LogP contribution in [0.15, 0.2) is 48.5 Å². The molecule has 6 nitrogen and oxygen atoms in total. The molecule has 0 saturated heterocycles. The van der Waals surface area contributed by atoms with E-state index in [0.717, 1.165) is 11.1 Å². The monoisotopic (exact) mass is 344 g/mol. The number of benzene rings is 2. The maximum absolute atomic E-state index is 12.3. The van der Waals surface area contributed by atoms with Crippen molar-refractivity contribution in [1.82, 2.24) is 10.6 Å². The number of rotatable bonds is 7. The Morgan fingerprint density at radius 2 is 1.80 bits per heavy atom. The van der Waals surface area contributed by atoms with E-state index in [1.807, 2.05) is 42.5 Å². The van der Waals surface area contributed by atoms with Crippen molar-refractivity contribution in [2.45, 2.75) is 19.0 Å². The summed E-state index contributed by atoms with van der Waals surface area (Å²) in [7, 11) is 3.17. The molecule has 0 radical (unpaired) electrons. The van der Waals surface area contributed by atoms with Crippen molar-refractivity contribution in [3.63, 3.8) is 0 Å². The van der Waals surface area contributed by atoms with Gasteiger partial charge in [-0.2, -0.15) is 0 Å². The van der Waals surface area contributed by atoms with E-state index in [9.17, 15) is 4.79 Å². The van der Waals surface area contributed by atoms with Gasteiger partial charge in [0.15, 0.2) is 0 Å². The van der Waals surface area contributed by atoms with Crippen LogP contribution >= 0.6 is 0 Å². The summed E-state index contributed by atoms with van der Waals surface area (Å²) in [5.41, 5.74) is 1.72. The number of nitrogens with one attached hydrogen (secondary N) is 2. The summed E-state index contributed by atoms with van der Waals surface area (Å²) < 4.78 is 10.7. The number of hydrogen-bond acceptors (Lipinski definition) is 4. The second-order valence-electron chi connectivity index (χ2n) is 5.65. The van der Waals surface area contributed by atoms with Gasteiger partial charge in [-0.1, -0.05) is 30.3 Å². The number of methoxy groups -OCH3 is 2. The molecule has 134 valence electrons. The molecule has 2 aromatic rings. The Morgan fingerprint density at radius 1 is 1.08 bits per heavy atom. The first-order chi connectivity index (χ1) is 12.1. The largest absolute Gasteiger partial charge is 0.497 e. The molecule has 2 rings (SSSR count). The molecule has 0 aromatic heterocycles. The van der Waals surface area contributed by atoms with Gasteiger partial charge in [0.05, 0.1) is 32.9 Å². The van der Waals surface area contributed by atoms with Crippen molar-refractivity contribution in [2.24, 2.45) is 0 Å². The first-order valence-corrected chi connectivity index (χ1v) is 8.03. The van der Waals surface area contributed by atoms with Crippen LogP contribution in [0, 0.1) is 0 Å². The van der Waals surface area contributed by atoms with Crippen LogP contribution in [-0.2, 0) is 0 Å². The highest BCUT2D eigenvalue weighted by atomic mass is 16.5. The second-order valence-corrected chi connectivity index (χ2v) is 5.65. The lowest BCUT2D eigenvalue weighted by Gasteiger charge is -2.23. The van der Waals surface area contributed by atoms with E-state index in [0.29, 0.717) is 11.5 Å². The van der Waals surface area contributed by atoms with Crippen LogP contribution in [0.5, 0.6) is 11.5 Å². The number of hydrogen-bond donors (Lipinski definition) is 3. The van der Waals surface area contributed by atoms with E-state index >= 15 is 0 Å². The number of aliphatic hydroxyl groups is 1. The van der Waals surface area contributed by atoms with Crippen LogP contribution in [-0.4, -0.2) is 38.0 Å². The van der Waals surface area contributed by atoms with Gasteiger partial charge in [-0.15, -0.1) is 0 Å². The Balaban J connectivity index is 2.37. The van der Waals surface area contributed by atoms with Crippen LogP contribution in [0.2, 0.25) is 0 Å². The topological polar surface area (TPSA) is 79.8 Å². The third kappa shape index (κ3) is 4.87. The molecule has 25 heavy (non-hydrogen) atoms. The van der Waals surface area contributed by atoms with Gasteiger partial charge in [-0.3, -0.25) is 0 Å². The summed E-state index contributed by atoms with van der Waals surface area (Å²) >= 11 is 0. The lowest BCUT2D eigenvalue weighted by atomic mass is 9.97. The standard InChI is InChI=1S/C19H24N2O4/c1-13(12-22)20-19(23)21-18(14-7-5-4-6-8-14)16-10-9-15(24-2)11-17(16)25-3/h4-11,13,18,22H,12H2,1-3H3,(H2,20,21,23)/t13-,18?/m0/s1. The number of carbonyl (C=O) groups excluding carboxylic acids is 1.